The highest BCUT2D eigenvalue weighted by atomic mass is 19.1. The van der Waals surface area contributed by atoms with Gasteiger partial charge in [0.15, 0.2) is 0 Å². The minimum absolute atomic E-state index is 0.104. The van der Waals surface area contributed by atoms with Crippen LogP contribution in [0.4, 0.5) is 10.1 Å². The van der Waals surface area contributed by atoms with Crippen LogP contribution in [0.15, 0.2) is 42.5 Å². The summed E-state index contributed by atoms with van der Waals surface area (Å²) in [5.74, 6) is 0.205. The van der Waals surface area contributed by atoms with Gasteiger partial charge in [0.05, 0.1) is 12.6 Å². The van der Waals surface area contributed by atoms with Crippen LogP contribution in [0.1, 0.15) is 56.4 Å². The van der Waals surface area contributed by atoms with E-state index in [0.717, 1.165) is 16.8 Å². The van der Waals surface area contributed by atoms with E-state index in [2.05, 4.69) is 33.0 Å². The number of aryl methyl sites for hydroxylation is 1. The van der Waals surface area contributed by atoms with Crippen LogP contribution in [-0.2, 0) is 4.79 Å². The largest absolute Gasteiger partial charge is 0.387 e. The standard InChI is InChI=1S/C24H33FN2O2/c1-16(2)13-27(14-22(28)19-9-11-20(25)12-10-19)15-23(29)26-24-18(5)7-6-8-21(24)17(3)4/h6-12,16-17,22,28H,13-15H2,1-5H3,(H,26,29). The molecule has 1 atom stereocenters. The molecule has 29 heavy (non-hydrogen) atoms. The first kappa shape index (κ1) is 23.0. The first-order chi connectivity index (χ1) is 13.7. The molecule has 0 aliphatic rings. The van der Waals surface area contributed by atoms with Crippen molar-refractivity contribution in [3.63, 3.8) is 0 Å². The molecule has 0 bridgehead atoms. The minimum Gasteiger partial charge on any atom is -0.387 e. The molecule has 4 nitrogen and oxygen atoms in total. The molecule has 5 heteroatoms. The molecule has 0 saturated heterocycles. The number of halogens is 1. The summed E-state index contributed by atoms with van der Waals surface area (Å²) in [4.78, 5) is 14.8. The Bertz CT molecular complexity index is 803. The number of nitrogens with one attached hydrogen (secondary N) is 1. The van der Waals surface area contributed by atoms with Crippen molar-refractivity contribution in [2.24, 2.45) is 5.92 Å². The fraction of sp³-hybridized carbons (Fsp3) is 0.458. The van der Waals surface area contributed by atoms with Crippen molar-refractivity contribution < 1.29 is 14.3 Å². The summed E-state index contributed by atoms with van der Waals surface area (Å²) >= 11 is 0. The third-order valence-electron chi connectivity index (χ3n) is 4.87. The van der Waals surface area contributed by atoms with Gasteiger partial charge in [-0.1, -0.05) is 58.0 Å². The van der Waals surface area contributed by atoms with Gasteiger partial charge in [0.25, 0.3) is 0 Å². The zero-order chi connectivity index (χ0) is 21.6. The normalized spacial score (nSPS) is 12.6. The number of carbonyl (C=O) groups is 1. The monoisotopic (exact) mass is 400 g/mol. The second-order valence-corrected chi connectivity index (χ2v) is 8.40. The van der Waals surface area contributed by atoms with Gasteiger partial charge in [0.2, 0.25) is 5.91 Å². The average molecular weight is 401 g/mol. The van der Waals surface area contributed by atoms with E-state index in [0.29, 0.717) is 30.5 Å². The Morgan fingerprint density at radius 1 is 1.07 bits per heavy atom. The van der Waals surface area contributed by atoms with Gasteiger partial charge in [-0.25, -0.2) is 4.39 Å². The maximum atomic E-state index is 13.1. The topological polar surface area (TPSA) is 52.6 Å². The lowest BCUT2D eigenvalue weighted by Crippen LogP contribution is -2.38. The van der Waals surface area contributed by atoms with Gasteiger partial charge in [-0.3, -0.25) is 9.69 Å². The molecule has 1 unspecified atom stereocenters. The van der Waals surface area contributed by atoms with Gasteiger partial charge in [-0.2, -0.15) is 0 Å². The number of anilines is 1. The van der Waals surface area contributed by atoms with Gasteiger partial charge in [-0.15, -0.1) is 0 Å². The SMILES string of the molecule is Cc1cccc(C(C)C)c1NC(=O)CN(CC(C)C)CC(O)c1ccc(F)cc1. The molecule has 2 N–H and O–H groups in total. The van der Waals surface area contributed by atoms with E-state index in [4.69, 9.17) is 0 Å². The molecular formula is C24H33FN2O2. The molecule has 0 radical (unpaired) electrons. The van der Waals surface area contributed by atoms with E-state index in [1.54, 1.807) is 12.1 Å². The van der Waals surface area contributed by atoms with Crippen LogP contribution in [0.25, 0.3) is 0 Å². The smallest absolute Gasteiger partial charge is 0.238 e. The van der Waals surface area contributed by atoms with E-state index in [1.807, 2.05) is 30.0 Å². The Kier molecular flexibility index (Phi) is 8.35. The van der Waals surface area contributed by atoms with Gasteiger partial charge in [0, 0.05) is 18.8 Å². The highest BCUT2D eigenvalue weighted by Crippen LogP contribution is 2.27. The second kappa shape index (κ2) is 10.5. The van der Waals surface area contributed by atoms with Crippen LogP contribution in [0.5, 0.6) is 0 Å². The molecule has 2 aromatic carbocycles. The summed E-state index contributed by atoms with van der Waals surface area (Å²) in [5, 5.41) is 13.6. The van der Waals surface area contributed by atoms with Crippen LogP contribution in [-0.4, -0.2) is 35.5 Å². The Morgan fingerprint density at radius 3 is 2.31 bits per heavy atom. The number of hydrogen-bond donors (Lipinski definition) is 2. The van der Waals surface area contributed by atoms with Crippen molar-refractivity contribution in [3.8, 4) is 0 Å². The molecular weight excluding hydrogens is 367 g/mol. The number of para-hydroxylation sites is 1. The predicted octanol–water partition coefficient (Wildman–Crippen LogP) is 4.89. The number of carbonyl (C=O) groups excluding carboxylic acids is 1. The summed E-state index contributed by atoms with van der Waals surface area (Å²) < 4.78 is 13.1. The highest BCUT2D eigenvalue weighted by Gasteiger charge is 2.19. The summed E-state index contributed by atoms with van der Waals surface area (Å²) in [6.45, 7) is 11.5. The molecule has 0 heterocycles. The number of benzene rings is 2. The average Bonchev–Trinajstić information content (AvgIpc) is 2.63. The van der Waals surface area contributed by atoms with E-state index < -0.39 is 6.10 Å². The summed E-state index contributed by atoms with van der Waals surface area (Å²) in [6.07, 6.45) is -0.785. The highest BCUT2D eigenvalue weighted by molar-refractivity contribution is 5.93. The summed E-state index contributed by atoms with van der Waals surface area (Å²) in [6, 6.07) is 11.9. The maximum Gasteiger partial charge on any atom is 0.238 e. The van der Waals surface area contributed by atoms with Crippen molar-refractivity contribution in [2.45, 2.75) is 46.6 Å². The summed E-state index contributed by atoms with van der Waals surface area (Å²) in [5.41, 5.74) is 3.66. The third-order valence-corrected chi connectivity index (χ3v) is 4.87. The van der Waals surface area contributed by atoms with Gasteiger partial charge in [-0.05, 0) is 47.6 Å². The maximum absolute atomic E-state index is 13.1. The molecule has 0 aliphatic carbocycles. The lowest BCUT2D eigenvalue weighted by Gasteiger charge is -2.27. The Labute approximate surface area is 173 Å². The Balaban J connectivity index is 2.10. The molecule has 1 amide bonds. The van der Waals surface area contributed by atoms with Crippen molar-refractivity contribution in [2.75, 3.05) is 25.0 Å². The lowest BCUT2D eigenvalue weighted by molar-refractivity contribution is -0.117. The fourth-order valence-corrected chi connectivity index (χ4v) is 3.48. The molecule has 158 valence electrons. The van der Waals surface area contributed by atoms with Crippen molar-refractivity contribution in [1.29, 1.82) is 0 Å². The van der Waals surface area contributed by atoms with E-state index in [1.165, 1.54) is 12.1 Å². The van der Waals surface area contributed by atoms with Crippen LogP contribution < -0.4 is 5.32 Å². The molecule has 0 fully saturated rings. The quantitative estimate of drug-likeness (QED) is 0.630. The molecule has 0 spiro atoms. The third kappa shape index (κ3) is 6.94. The number of rotatable bonds is 9. The van der Waals surface area contributed by atoms with Gasteiger partial charge in [0.1, 0.15) is 5.82 Å². The van der Waals surface area contributed by atoms with Crippen LogP contribution in [0.3, 0.4) is 0 Å². The number of aliphatic hydroxyl groups is 1. The number of aliphatic hydroxyl groups excluding tert-OH is 1. The van der Waals surface area contributed by atoms with Crippen LogP contribution >= 0.6 is 0 Å². The zero-order valence-electron chi connectivity index (χ0n) is 18.1. The number of hydrogen-bond acceptors (Lipinski definition) is 3. The Hall–Kier alpha value is -2.24. The van der Waals surface area contributed by atoms with Gasteiger partial charge >= 0.3 is 0 Å². The van der Waals surface area contributed by atoms with Crippen LogP contribution in [0.2, 0.25) is 0 Å². The fourth-order valence-electron chi connectivity index (χ4n) is 3.48. The summed E-state index contributed by atoms with van der Waals surface area (Å²) in [7, 11) is 0. The van der Waals surface area contributed by atoms with E-state index in [9.17, 15) is 14.3 Å². The predicted molar refractivity (Wildman–Crippen MR) is 117 cm³/mol. The number of nitrogens with zero attached hydrogens (tertiary/aromatic N) is 1. The van der Waals surface area contributed by atoms with Crippen molar-refractivity contribution in [1.82, 2.24) is 4.90 Å². The van der Waals surface area contributed by atoms with Crippen LogP contribution in [0, 0.1) is 18.7 Å². The second-order valence-electron chi connectivity index (χ2n) is 8.40. The van der Waals surface area contributed by atoms with E-state index >= 15 is 0 Å². The molecule has 2 rings (SSSR count). The van der Waals surface area contributed by atoms with Crippen molar-refractivity contribution >= 4 is 11.6 Å². The Morgan fingerprint density at radius 2 is 1.72 bits per heavy atom. The number of amides is 1. The zero-order valence-corrected chi connectivity index (χ0v) is 18.1. The lowest BCUT2D eigenvalue weighted by atomic mass is 9.98. The minimum atomic E-state index is -0.785. The molecule has 0 aliphatic heterocycles. The first-order valence-electron chi connectivity index (χ1n) is 10.2. The molecule has 2 aromatic rings. The van der Waals surface area contributed by atoms with Gasteiger partial charge < -0.3 is 10.4 Å². The van der Waals surface area contributed by atoms with Crippen molar-refractivity contribution in [3.05, 3.63) is 65.0 Å². The molecule has 0 aromatic heterocycles. The first-order valence-corrected chi connectivity index (χ1v) is 10.2. The molecule has 0 saturated carbocycles. The van der Waals surface area contributed by atoms with E-state index in [-0.39, 0.29) is 18.3 Å².